The van der Waals surface area contributed by atoms with Crippen molar-refractivity contribution in [3.05, 3.63) is 42.2 Å². The highest BCUT2D eigenvalue weighted by Crippen LogP contribution is 2.27. The lowest BCUT2D eigenvalue weighted by atomic mass is 10.0. The van der Waals surface area contributed by atoms with Gasteiger partial charge >= 0.3 is 0 Å². The molecule has 2 heterocycles. The molecule has 2 aromatic rings. The number of carbonyl (C=O) groups is 2. The van der Waals surface area contributed by atoms with Crippen molar-refractivity contribution in [2.75, 3.05) is 0 Å². The molecule has 1 aliphatic rings. The van der Waals surface area contributed by atoms with E-state index < -0.39 is 0 Å². The summed E-state index contributed by atoms with van der Waals surface area (Å²) in [7, 11) is 0. The molecule has 16 heavy (non-hydrogen) atoms. The molecule has 1 aromatic carbocycles. The molecular weight excluding hydrogens is 206 g/mol. The van der Waals surface area contributed by atoms with Crippen LogP contribution in [0.2, 0.25) is 0 Å². The van der Waals surface area contributed by atoms with Crippen LogP contribution in [0.1, 0.15) is 5.56 Å². The first-order valence-electron chi connectivity index (χ1n) is 4.79. The number of nitrogens with one attached hydrogen (secondary N) is 1. The van der Waals surface area contributed by atoms with Crippen LogP contribution in [0.15, 0.2) is 41.0 Å². The average Bonchev–Trinajstić information content (AvgIpc) is 2.84. The van der Waals surface area contributed by atoms with E-state index in [0.717, 1.165) is 10.9 Å². The molecule has 1 N–H and O–H groups in total. The van der Waals surface area contributed by atoms with Crippen molar-refractivity contribution in [3.63, 3.8) is 0 Å². The summed E-state index contributed by atoms with van der Waals surface area (Å²) in [5.41, 5.74) is 1.80. The van der Waals surface area contributed by atoms with Crippen molar-refractivity contribution >= 4 is 28.4 Å². The van der Waals surface area contributed by atoms with Crippen LogP contribution in [0.3, 0.4) is 0 Å². The molecule has 0 fully saturated rings. The normalized spacial score (nSPS) is 15.4. The van der Waals surface area contributed by atoms with E-state index in [1.54, 1.807) is 24.5 Å². The van der Waals surface area contributed by atoms with Gasteiger partial charge in [-0.15, -0.1) is 0 Å². The first-order chi connectivity index (χ1) is 7.75. The summed E-state index contributed by atoms with van der Waals surface area (Å²) >= 11 is 0. The zero-order valence-electron chi connectivity index (χ0n) is 8.19. The molecule has 2 amide bonds. The molecule has 1 aliphatic heterocycles. The Morgan fingerprint density at radius 1 is 1.12 bits per heavy atom. The topological polar surface area (TPSA) is 59.3 Å². The van der Waals surface area contributed by atoms with Gasteiger partial charge in [-0.3, -0.25) is 14.9 Å². The number of furan rings is 1. The SMILES string of the molecule is O=C1C=C(c2cccc3occc23)C(=O)N1. The van der Waals surface area contributed by atoms with E-state index in [9.17, 15) is 9.59 Å². The molecule has 0 atom stereocenters. The number of rotatable bonds is 1. The second-order valence-corrected chi connectivity index (χ2v) is 3.51. The van der Waals surface area contributed by atoms with Gasteiger partial charge in [0.25, 0.3) is 11.8 Å². The molecule has 0 aliphatic carbocycles. The van der Waals surface area contributed by atoms with Crippen LogP contribution < -0.4 is 5.32 Å². The molecule has 0 unspecified atom stereocenters. The van der Waals surface area contributed by atoms with Gasteiger partial charge in [0, 0.05) is 11.5 Å². The Hall–Kier alpha value is -2.36. The largest absolute Gasteiger partial charge is 0.464 e. The Balaban J connectivity index is 2.27. The zero-order valence-corrected chi connectivity index (χ0v) is 8.19. The summed E-state index contributed by atoms with van der Waals surface area (Å²) < 4.78 is 5.24. The third kappa shape index (κ3) is 1.16. The number of carbonyl (C=O) groups excluding carboxylic acids is 2. The molecule has 4 nitrogen and oxygen atoms in total. The second kappa shape index (κ2) is 3.06. The highest BCUT2D eigenvalue weighted by atomic mass is 16.3. The predicted octanol–water partition coefficient (Wildman–Crippen LogP) is 1.47. The fourth-order valence-corrected chi connectivity index (χ4v) is 1.84. The minimum Gasteiger partial charge on any atom is -0.464 e. The predicted molar refractivity (Wildman–Crippen MR) is 57.3 cm³/mol. The molecule has 0 bridgehead atoms. The van der Waals surface area contributed by atoms with Crippen molar-refractivity contribution in [1.29, 1.82) is 0 Å². The molecule has 0 saturated heterocycles. The van der Waals surface area contributed by atoms with E-state index in [2.05, 4.69) is 5.32 Å². The van der Waals surface area contributed by atoms with E-state index in [-0.39, 0.29) is 11.8 Å². The van der Waals surface area contributed by atoms with Gasteiger partial charge in [-0.1, -0.05) is 12.1 Å². The van der Waals surface area contributed by atoms with Crippen LogP contribution in [-0.4, -0.2) is 11.8 Å². The minimum atomic E-state index is -0.375. The van der Waals surface area contributed by atoms with Crippen molar-refractivity contribution < 1.29 is 14.0 Å². The first-order valence-corrected chi connectivity index (χ1v) is 4.79. The van der Waals surface area contributed by atoms with Crippen LogP contribution in [-0.2, 0) is 9.59 Å². The zero-order chi connectivity index (χ0) is 11.1. The van der Waals surface area contributed by atoms with E-state index in [1.165, 1.54) is 6.08 Å². The molecule has 0 spiro atoms. The fourth-order valence-electron chi connectivity index (χ4n) is 1.84. The molecule has 0 saturated carbocycles. The van der Waals surface area contributed by atoms with Crippen LogP contribution in [0.25, 0.3) is 16.5 Å². The Kier molecular flexibility index (Phi) is 1.71. The Morgan fingerprint density at radius 2 is 2.00 bits per heavy atom. The fraction of sp³-hybridized carbons (Fsp3) is 0. The van der Waals surface area contributed by atoms with Gasteiger partial charge in [-0.2, -0.15) is 0 Å². The van der Waals surface area contributed by atoms with Gasteiger partial charge in [0.1, 0.15) is 5.58 Å². The monoisotopic (exact) mass is 213 g/mol. The third-order valence-corrected chi connectivity index (χ3v) is 2.54. The number of benzene rings is 1. The number of hydrogen-bond donors (Lipinski definition) is 1. The summed E-state index contributed by atoms with van der Waals surface area (Å²) in [6, 6.07) is 7.18. The molecule has 0 radical (unpaired) electrons. The highest BCUT2D eigenvalue weighted by Gasteiger charge is 2.23. The highest BCUT2D eigenvalue weighted by molar-refractivity contribution is 6.35. The maximum atomic E-state index is 11.5. The van der Waals surface area contributed by atoms with Gasteiger partial charge in [0.2, 0.25) is 0 Å². The summed E-state index contributed by atoms with van der Waals surface area (Å²) in [4.78, 5) is 22.6. The Bertz CT molecular complexity index is 637. The molecule has 78 valence electrons. The van der Waals surface area contributed by atoms with E-state index in [4.69, 9.17) is 4.42 Å². The van der Waals surface area contributed by atoms with Crippen LogP contribution >= 0.6 is 0 Å². The maximum Gasteiger partial charge on any atom is 0.258 e. The van der Waals surface area contributed by atoms with Crippen molar-refractivity contribution in [2.45, 2.75) is 0 Å². The van der Waals surface area contributed by atoms with Gasteiger partial charge in [-0.25, -0.2) is 0 Å². The van der Waals surface area contributed by atoms with Crippen LogP contribution in [0, 0.1) is 0 Å². The minimum absolute atomic E-state index is 0.362. The number of fused-ring (bicyclic) bond motifs is 1. The van der Waals surface area contributed by atoms with Crippen molar-refractivity contribution in [1.82, 2.24) is 5.32 Å². The van der Waals surface area contributed by atoms with E-state index in [1.807, 2.05) is 6.07 Å². The molecule has 4 heteroatoms. The van der Waals surface area contributed by atoms with Gasteiger partial charge in [0.05, 0.1) is 11.8 Å². The molecule has 1 aromatic heterocycles. The summed E-state index contributed by atoms with van der Waals surface area (Å²) in [6.45, 7) is 0. The van der Waals surface area contributed by atoms with E-state index in [0.29, 0.717) is 11.2 Å². The third-order valence-electron chi connectivity index (χ3n) is 2.54. The maximum absolute atomic E-state index is 11.5. The average molecular weight is 213 g/mol. The lowest BCUT2D eigenvalue weighted by Crippen LogP contribution is -2.21. The Morgan fingerprint density at radius 3 is 2.75 bits per heavy atom. The smallest absolute Gasteiger partial charge is 0.258 e. The van der Waals surface area contributed by atoms with Gasteiger partial charge < -0.3 is 4.42 Å². The van der Waals surface area contributed by atoms with Gasteiger partial charge in [-0.05, 0) is 17.7 Å². The summed E-state index contributed by atoms with van der Waals surface area (Å²) in [6.07, 6.45) is 2.87. The number of imide groups is 1. The quantitative estimate of drug-likeness (QED) is 0.730. The summed E-state index contributed by atoms with van der Waals surface area (Å²) in [5.74, 6) is -0.737. The molecule has 3 rings (SSSR count). The van der Waals surface area contributed by atoms with Crippen LogP contribution in [0.5, 0.6) is 0 Å². The number of hydrogen-bond acceptors (Lipinski definition) is 3. The number of amides is 2. The Labute approximate surface area is 90.5 Å². The van der Waals surface area contributed by atoms with Gasteiger partial charge in [0.15, 0.2) is 0 Å². The van der Waals surface area contributed by atoms with E-state index >= 15 is 0 Å². The lowest BCUT2D eigenvalue weighted by molar-refractivity contribution is -0.123. The first kappa shape index (κ1) is 8.91. The standard InChI is InChI=1S/C12H7NO3/c14-11-6-9(12(15)13-11)7-2-1-3-10-8(7)4-5-16-10/h1-6H,(H,13,14,15). The second-order valence-electron chi connectivity index (χ2n) is 3.51. The molecular formula is C12H7NO3. The lowest BCUT2D eigenvalue weighted by Gasteiger charge is -2.01. The van der Waals surface area contributed by atoms with Crippen molar-refractivity contribution in [3.8, 4) is 0 Å². The summed E-state index contributed by atoms with van der Waals surface area (Å²) in [5, 5.41) is 3.05. The van der Waals surface area contributed by atoms with Crippen molar-refractivity contribution in [2.24, 2.45) is 0 Å². The van der Waals surface area contributed by atoms with Crippen LogP contribution in [0.4, 0.5) is 0 Å².